The minimum Gasteiger partial charge on any atom is -0.359 e. The average Bonchev–Trinajstić information content (AvgIpc) is 2.43. The van der Waals surface area contributed by atoms with Crippen LogP contribution < -0.4 is 0 Å². The predicted molar refractivity (Wildman–Crippen MR) is 73.2 cm³/mol. The van der Waals surface area contributed by atoms with Crippen LogP contribution in [0.4, 0.5) is 0 Å². The molecule has 0 amide bonds. The molecule has 0 heterocycles. The molecule has 118 valence electrons. The van der Waals surface area contributed by atoms with E-state index in [4.69, 9.17) is 28.4 Å². The number of rotatable bonds is 9. The van der Waals surface area contributed by atoms with Gasteiger partial charge in [-0.25, -0.2) is 0 Å². The van der Waals surface area contributed by atoms with E-state index in [1.807, 2.05) is 0 Å². The molecule has 0 unspecified atom stereocenters. The molecule has 0 aromatic carbocycles. The molecule has 0 N–H and O–H groups in total. The SMILES string of the molecule is C=C1C[C@@H](C)[C@@H](OCOC)[C@@H](OCOC)[C@@H]1OCOC. The summed E-state index contributed by atoms with van der Waals surface area (Å²) in [6, 6.07) is 0. The Hall–Kier alpha value is -0.500. The van der Waals surface area contributed by atoms with E-state index in [9.17, 15) is 0 Å². The van der Waals surface area contributed by atoms with Gasteiger partial charge in [0.1, 0.15) is 32.6 Å². The lowest BCUT2D eigenvalue weighted by Crippen LogP contribution is -2.51. The van der Waals surface area contributed by atoms with E-state index in [0.717, 1.165) is 12.0 Å². The lowest BCUT2D eigenvalue weighted by atomic mass is 9.80. The smallest absolute Gasteiger partial charge is 0.147 e. The first kappa shape index (κ1) is 17.6. The molecule has 0 bridgehead atoms. The zero-order chi connectivity index (χ0) is 15.0. The first-order valence-corrected chi connectivity index (χ1v) is 6.65. The van der Waals surface area contributed by atoms with Crippen molar-refractivity contribution < 1.29 is 28.4 Å². The molecule has 20 heavy (non-hydrogen) atoms. The van der Waals surface area contributed by atoms with Crippen LogP contribution in [0, 0.1) is 5.92 Å². The van der Waals surface area contributed by atoms with Crippen molar-refractivity contribution >= 4 is 0 Å². The summed E-state index contributed by atoms with van der Waals surface area (Å²) in [5.41, 5.74) is 0.980. The van der Waals surface area contributed by atoms with Crippen molar-refractivity contribution in [2.24, 2.45) is 5.92 Å². The molecule has 1 aliphatic rings. The fraction of sp³-hybridized carbons (Fsp3) is 0.857. The zero-order valence-corrected chi connectivity index (χ0v) is 12.8. The average molecular weight is 290 g/mol. The summed E-state index contributed by atoms with van der Waals surface area (Å²) >= 11 is 0. The summed E-state index contributed by atoms with van der Waals surface area (Å²) < 4.78 is 32.1. The van der Waals surface area contributed by atoms with Crippen molar-refractivity contribution in [3.63, 3.8) is 0 Å². The Bertz CT molecular complexity index is 283. The predicted octanol–water partition coefficient (Wildman–Crippen LogP) is 1.55. The van der Waals surface area contributed by atoms with Crippen LogP contribution in [-0.4, -0.2) is 60.0 Å². The molecule has 0 aliphatic heterocycles. The first-order chi connectivity index (χ1) is 9.65. The van der Waals surface area contributed by atoms with Gasteiger partial charge in [-0.05, 0) is 17.9 Å². The van der Waals surface area contributed by atoms with Gasteiger partial charge >= 0.3 is 0 Å². The minimum atomic E-state index is -0.295. The van der Waals surface area contributed by atoms with Crippen molar-refractivity contribution in [1.82, 2.24) is 0 Å². The Morgan fingerprint density at radius 1 is 0.900 bits per heavy atom. The van der Waals surface area contributed by atoms with Gasteiger partial charge in [0.25, 0.3) is 0 Å². The molecule has 1 rings (SSSR count). The highest BCUT2D eigenvalue weighted by Gasteiger charge is 2.42. The van der Waals surface area contributed by atoms with Gasteiger partial charge in [-0.2, -0.15) is 0 Å². The molecule has 1 fully saturated rings. The largest absolute Gasteiger partial charge is 0.359 e. The summed E-state index contributed by atoms with van der Waals surface area (Å²) in [4.78, 5) is 0. The molecular weight excluding hydrogens is 264 g/mol. The van der Waals surface area contributed by atoms with E-state index in [0.29, 0.717) is 0 Å². The van der Waals surface area contributed by atoms with Crippen molar-refractivity contribution in [2.45, 2.75) is 31.7 Å². The topological polar surface area (TPSA) is 55.4 Å². The van der Waals surface area contributed by atoms with Gasteiger partial charge in [0.15, 0.2) is 0 Å². The van der Waals surface area contributed by atoms with Gasteiger partial charge in [-0.3, -0.25) is 0 Å². The maximum Gasteiger partial charge on any atom is 0.147 e. The zero-order valence-electron chi connectivity index (χ0n) is 12.8. The van der Waals surface area contributed by atoms with E-state index >= 15 is 0 Å². The molecule has 0 spiro atoms. The first-order valence-electron chi connectivity index (χ1n) is 6.65. The monoisotopic (exact) mass is 290 g/mol. The second kappa shape index (κ2) is 9.44. The van der Waals surface area contributed by atoms with Crippen LogP contribution in [0.1, 0.15) is 13.3 Å². The summed E-state index contributed by atoms with van der Waals surface area (Å²) in [5.74, 6) is 0.266. The highest BCUT2D eigenvalue weighted by molar-refractivity contribution is 5.13. The summed E-state index contributed by atoms with van der Waals surface area (Å²) in [5, 5.41) is 0. The van der Waals surface area contributed by atoms with Crippen LogP contribution in [0.3, 0.4) is 0 Å². The fourth-order valence-electron chi connectivity index (χ4n) is 2.46. The lowest BCUT2D eigenvalue weighted by Gasteiger charge is -2.41. The van der Waals surface area contributed by atoms with Gasteiger partial charge in [0, 0.05) is 21.3 Å². The van der Waals surface area contributed by atoms with E-state index in [1.165, 1.54) is 0 Å². The molecule has 0 saturated heterocycles. The molecule has 1 saturated carbocycles. The molecule has 6 nitrogen and oxygen atoms in total. The van der Waals surface area contributed by atoms with Crippen LogP contribution in [0.25, 0.3) is 0 Å². The highest BCUT2D eigenvalue weighted by Crippen LogP contribution is 2.34. The molecule has 1 aliphatic carbocycles. The molecular formula is C14H26O6. The molecule has 0 aromatic heterocycles. The Morgan fingerprint density at radius 3 is 1.95 bits per heavy atom. The minimum absolute atomic E-state index is 0.141. The summed E-state index contributed by atoms with van der Waals surface area (Å²) in [7, 11) is 4.76. The third-order valence-corrected chi connectivity index (χ3v) is 3.29. The van der Waals surface area contributed by atoms with Crippen LogP contribution in [-0.2, 0) is 28.4 Å². The molecule has 6 heteroatoms. The van der Waals surface area contributed by atoms with Gasteiger partial charge < -0.3 is 28.4 Å². The standard InChI is InChI=1S/C14H26O6/c1-10-6-11(2)13(19-8-16-4)14(20-9-17-5)12(10)18-7-15-3/h11-14H,1,6-9H2,2-5H3/t11-,12-,13-,14+/m1/s1. The van der Waals surface area contributed by atoms with Crippen molar-refractivity contribution in [1.29, 1.82) is 0 Å². The van der Waals surface area contributed by atoms with Crippen molar-refractivity contribution in [3.8, 4) is 0 Å². The van der Waals surface area contributed by atoms with E-state index in [-0.39, 0.29) is 44.6 Å². The molecule has 0 radical (unpaired) electrons. The Labute approximate surface area is 120 Å². The molecule has 0 aromatic rings. The highest BCUT2D eigenvalue weighted by atomic mass is 16.7. The van der Waals surface area contributed by atoms with Gasteiger partial charge in [-0.1, -0.05) is 13.5 Å². The van der Waals surface area contributed by atoms with E-state index in [2.05, 4.69) is 13.5 Å². The van der Waals surface area contributed by atoms with Crippen LogP contribution in [0.15, 0.2) is 12.2 Å². The maximum absolute atomic E-state index is 5.75. The third kappa shape index (κ3) is 4.80. The van der Waals surface area contributed by atoms with E-state index < -0.39 is 0 Å². The lowest BCUT2D eigenvalue weighted by molar-refractivity contribution is -0.218. The van der Waals surface area contributed by atoms with Crippen molar-refractivity contribution in [3.05, 3.63) is 12.2 Å². The second-order valence-electron chi connectivity index (χ2n) is 4.91. The number of methoxy groups -OCH3 is 3. The maximum atomic E-state index is 5.75. The summed E-state index contributed by atoms with van der Waals surface area (Å²) in [6.45, 7) is 6.75. The Balaban J connectivity index is 2.78. The third-order valence-electron chi connectivity index (χ3n) is 3.29. The number of hydrogen-bond acceptors (Lipinski definition) is 6. The van der Waals surface area contributed by atoms with Crippen LogP contribution in [0.2, 0.25) is 0 Å². The normalized spacial score (nSPS) is 30.7. The number of ether oxygens (including phenoxy) is 6. The molecule has 4 atom stereocenters. The number of hydrogen-bond donors (Lipinski definition) is 0. The fourth-order valence-corrected chi connectivity index (χ4v) is 2.46. The second-order valence-corrected chi connectivity index (χ2v) is 4.91. The Morgan fingerprint density at radius 2 is 1.40 bits per heavy atom. The van der Waals surface area contributed by atoms with Crippen LogP contribution in [0.5, 0.6) is 0 Å². The van der Waals surface area contributed by atoms with E-state index in [1.54, 1.807) is 21.3 Å². The van der Waals surface area contributed by atoms with Crippen molar-refractivity contribution in [2.75, 3.05) is 41.7 Å². The van der Waals surface area contributed by atoms with Gasteiger partial charge in [0.05, 0.1) is 6.10 Å². The van der Waals surface area contributed by atoms with Gasteiger partial charge in [0.2, 0.25) is 0 Å². The quantitative estimate of drug-likeness (QED) is 0.474. The van der Waals surface area contributed by atoms with Gasteiger partial charge in [-0.15, -0.1) is 0 Å². The summed E-state index contributed by atoms with van der Waals surface area (Å²) in [6.07, 6.45) is 0.104. The van der Waals surface area contributed by atoms with Crippen LogP contribution >= 0.6 is 0 Å². The Kier molecular flexibility index (Phi) is 8.28.